The van der Waals surface area contributed by atoms with Crippen molar-refractivity contribution in [3.05, 3.63) is 29.3 Å². The lowest BCUT2D eigenvalue weighted by Crippen LogP contribution is -2.10. The van der Waals surface area contributed by atoms with Crippen LogP contribution >= 0.6 is 0 Å². The Hall–Kier alpha value is -2.04. The average Bonchev–Trinajstić information content (AvgIpc) is 2.45. The van der Waals surface area contributed by atoms with Crippen LogP contribution in [0.2, 0.25) is 0 Å². The van der Waals surface area contributed by atoms with Crippen molar-refractivity contribution in [1.29, 1.82) is 0 Å². The van der Waals surface area contributed by atoms with Crippen LogP contribution < -0.4 is 5.73 Å². The highest BCUT2D eigenvalue weighted by atomic mass is 16.5. The number of unbranched alkanes of at least 4 members (excludes halogenated alkanes) is 5. The number of nitrogens with two attached hydrogens (primary N) is 1. The number of rotatable bonds is 9. The molecule has 0 bridgehead atoms. The number of aromatic carboxylic acids is 1. The van der Waals surface area contributed by atoms with Crippen molar-refractivity contribution in [2.75, 3.05) is 12.3 Å². The largest absolute Gasteiger partial charge is 0.478 e. The second-order valence-electron chi connectivity index (χ2n) is 5.01. The number of hydrogen-bond donors (Lipinski definition) is 2. The van der Waals surface area contributed by atoms with E-state index in [1.54, 1.807) is 0 Å². The maximum atomic E-state index is 11.8. The van der Waals surface area contributed by atoms with Gasteiger partial charge < -0.3 is 15.6 Å². The Morgan fingerprint density at radius 3 is 2.43 bits per heavy atom. The van der Waals surface area contributed by atoms with Crippen LogP contribution in [-0.4, -0.2) is 23.7 Å². The van der Waals surface area contributed by atoms with Crippen LogP contribution in [0, 0.1) is 0 Å². The Bertz CT molecular complexity index is 485. The zero-order chi connectivity index (χ0) is 15.7. The van der Waals surface area contributed by atoms with Crippen LogP contribution in [0.3, 0.4) is 0 Å². The molecule has 0 aromatic heterocycles. The third-order valence-corrected chi connectivity index (χ3v) is 3.25. The predicted molar refractivity (Wildman–Crippen MR) is 81.5 cm³/mol. The molecule has 1 aromatic rings. The van der Waals surface area contributed by atoms with Crippen molar-refractivity contribution in [3.63, 3.8) is 0 Å². The second-order valence-corrected chi connectivity index (χ2v) is 5.01. The van der Waals surface area contributed by atoms with Gasteiger partial charge >= 0.3 is 11.9 Å². The van der Waals surface area contributed by atoms with Crippen molar-refractivity contribution in [1.82, 2.24) is 0 Å². The molecule has 0 amide bonds. The van der Waals surface area contributed by atoms with Crippen molar-refractivity contribution in [2.24, 2.45) is 0 Å². The molecule has 0 fully saturated rings. The maximum absolute atomic E-state index is 11.8. The molecule has 0 saturated carbocycles. The molecular weight excluding hydrogens is 270 g/mol. The highest BCUT2D eigenvalue weighted by Gasteiger charge is 2.13. The smallest absolute Gasteiger partial charge is 0.340 e. The molecule has 5 nitrogen and oxygen atoms in total. The van der Waals surface area contributed by atoms with Crippen molar-refractivity contribution in [2.45, 2.75) is 45.4 Å². The lowest BCUT2D eigenvalue weighted by molar-refractivity contribution is 0.0498. The second kappa shape index (κ2) is 9.00. The standard InChI is InChI=1S/C16H23NO4/c1-2-3-4-5-6-7-10-21-16(20)13-9-8-12(15(18)19)11-14(13)17/h8-9,11H,2-7,10,17H2,1H3,(H,18,19). The monoisotopic (exact) mass is 293 g/mol. The van der Waals surface area contributed by atoms with E-state index >= 15 is 0 Å². The zero-order valence-corrected chi connectivity index (χ0v) is 12.4. The van der Waals surface area contributed by atoms with Gasteiger partial charge in [-0.3, -0.25) is 0 Å². The fourth-order valence-corrected chi connectivity index (χ4v) is 2.01. The SMILES string of the molecule is CCCCCCCCOC(=O)c1ccc(C(=O)O)cc1N. The van der Waals surface area contributed by atoms with Gasteiger partial charge in [0.1, 0.15) is 0 Å². The molecule has 1 rings (SSSR count). The summed E-state index contributed by atoms with van der Waals surface area (Å²) in [6.45, 7) is 2.53. The summed E-state index contributed by atoms with van der Waals surface area (Å²) >= 11 is 0. The number of hydrogen-bond acceptors (Lipinski definition) is 4. The molecule has 0 heterocycles. The van der Waals surface area contributed by atoms with Gasteiger partial charge in [-0.1, -0.05) is 39.0 Å². The lowest BCUT2D eigenvalue weighted by atomic mass is 10.1. The van der Waals surface area contributed by atoms with Crippen LogP contribution in [0.1, 0.15) is 66.2 Å². The fraction of sp³-hybridized carbons (Fsp3) is 0.500. The van der Waals surface area contributed by atoms with Crippen molar-refractivity contribution in [3.8, 4) is 0 Å². The summed E-state index contributed by atoms with van der Waals surface area (Å²) in [4.78, 5) is 22.6. The number of anilines is 1. The zero-order valence-electron chi connectivity index (χ0n) is 12.4. The summed E-state index contributed by atoms with van der Waals surface area (Å²) in [6.07, 6.45) is 6.70. The number of carboxylic acids is 1. The molecule has 0 aliphatic carbocycles. The Labute approximate surface area is 125 Å². The topological polar surface area (TPSA) is 89.6 Å². The number of nitrogen functional groups attached to an aromatic ring is 1. The summed E-state index contributed by atoms with van der Waals surface area (Å²) in [6, 6.07) is 4.01. The van der Waals surface area contributed by atoms with Crippen LogP contribution in [0.15, 0.2) is 18.2 Å². The Kier molecular flexibility index (Phi) is 7.29. The number of esters is 1. The first-order valence-corrected chi connectivity index (χ1v) is 7.36. The number of carbonyl (C=O) groups excluding carboxylic acids is 1. The molecule has 3 N–H and O–H groups in total. The fourth-order valence-electron chi connectivity index (χ4n) is 2.01. The molecule has 0 atom stereocenters. The van der Waals surface area contributed by atoms with E-state index in [0.717, 1.165) is 19.3 Å². The number of carboxylic acid groups (broad SMARTS) is 1. The minimum atomic E-state index is -1.08. The summed E-state index contributed by atoms with van der Waals surface area (Å²) in [5.74, 6) is -1.58. The molecule has 1 aromatic carbocycles. The quantitative estimate of drug-likeness (QED) is 0.413. The minimum Gasteiger partial charge on any atom is -0.478 e. The van der Waals surface area contributed by atoms with E-state index in [1.807, 2.05) is 0 Å². The first kappa shape index (κ1) is 17.0. The lowest BCUT2D eigenvalue weighted by Gasteiger charge is -2.07. The highest BCUT2D eigenvalue weighted by Crippen LogP contribution is 2.16. The highest BCUT2D eigenvalue weighted by molar-refractivity contribution is 5.97. The molecule has 5 heteroatoms. The predicted octanol–water partition coefficient (Wildman–Crippen LogP) is 3.48. The molecule has 21 heavy (non-hydrogen) atoms. The van der Waals surface area contributed by atoms with E-state index < -0.39 is 11.9 Å². The third kappa shape index (κ3) is 5.85. The molecule has 0 spiro atoms. The van der Waals surface area contributed by atoms with E-state index in [-0.39, 0.29) is 16.8 Å². The van der Waals surface area contributed by atoms with E-state index in [0.29, 0.717) is 6.61 Å². The number of carbonyl (C=O) groups is 2. The third-order valence-electron chi connectivity index (χ3n) is 3.25. The molecule has 0 aliphatic heterocycles. The summed E-state index contributed by atoms with van der Waals surface area (Å²) in [5.41, 5.74) is 6.08. The molecule has 0 saturated heterocycles. The van der Waals surface area contributed by atoms with E-state index in [4.69, 9.17) is 15.6 Å². The van der Waals surface area contributed by atoms with Gasteiger partial charge in [0.05, 0.1) is 17.7 Å². The molecule has 116 valence electrons. The molecule has 0 radical (unpaired) electrons. The van der Waals surface area contributed by atoms with Crippen LogP contribution in [0.5, 0.6) is 0 Å². The van der Waals surface area contributed by atoms with Crippen LogP contribution in [-0.2, 0) is 4.74 Å². The first-order chi connectivity index (χ1) is 10.1. The number of ether oxygens (including phenoxy) is 1. The molecule has 0 aliphatic rings. The van der Waals surface area contributed by atoms with E-state index in [1.165, 1.54) is 37.5 Å². The Balaban J connectivity index is 2.37. The Morgan fingerprint density at radius 1 is 1.14 bits per heavy atom. The van der Waals surface area contributed by atoms with Crippen LogP contribution in [0.4, 0.5) is 5.69 Å². The molecule has 0 unspecified atom stereocenters. The van der Waals surface area contributed by atoms with E-state index in [9.17, 15) is 9.59 Å². The van der Waals surface area contributed by atoms with Crippen LogP contribution in [0.25, 0.3) is 0 Å². The van der Waals surface area contributed by atoms with Gasteiger partial charge in [0, 0.05) is 5.69 Å². The van der Waals surface area contributed by atoms with Gasteiger partial charge in [0.25, 0.3) is 0 Å². The Morgan fingerprint density at radius 2 is 1.81 bits per heavy atom. The number of benzene rings is 1. The average molecular weight is 293 g/mol. The van der Waals surface area contributed by atoms with Crippen molar-refractivity contribution < 1.29 is 19.4 Å². The summed E-state index contributed by atoms with van der Waals surface area (Å²) in [5, 5.41) is 8.83. The van der Waals surface area contributed by atoms with Gasteiger partial charge in [-0.15, -0.1) is 0 Å². The van der Waals surface area contributed by atoms with Gasteiger partial charge in [0.2, 0.25) is 0 Å². The molecular formula is C16H23NO4. The van der Waals surface area contributed by atoms with Gasteiger partial charge in [-0.25, -0.2) is 9.59 Å². The van der Waals surface area contributed by atoms with Gasteiger partial charge in [-0.05, 0) is 24.6 Å². The normalized spacial score (nSPS) is 10.3. The van der Waals surface area contributed by atoms with Gasteiger partial charge in [0.15, 0.2) is 0 Å². The van der Waals surface area contributed by atoms with Crippen molar-refractivity contribution >= 4 is 17.6 Å². The summed E-state index contributed by atoms with van der Waals surface area (Å²) in [7, 11) is 0. The first-order valence-electron chi connectivity index (χ1n) is 7.36. The van der Waals surface area contributed by atoms with E-state index in [2.05, 4.69) is 6.92 Å². The minimum absolute atomic E-state index is 0.0555. The summed E-state index contributed by atoms with van der Waals surface area (Å²) < 4.78 is 5.15. The van der Waals surface area contributed by atoms with Gasteiger partial charge in [-0.2, -0.15) is 0 Å². The maximum Gasteiger partial charge on any atom is 0.340 e.